The molecule has 0 aromatic heterocycles. The Kier molecular flexibility index (Phi) is 3.62. The van der Waals surface area contributed by atoms with Crippen LogP contribution in [-0.4, -0.2) is 19.8 Å². The van der Waals surface area contributed by atoms with Crippen LogP contribution in [0.5, 0.6) is 0 Å². The lowest BCUT2D eigenvalue weighted by Crippen LogP contribution is -2.28. The van der Waals surface area contributed by atoms with E-state index in [0.717, 1.165) is 11.6 Å². The highest BCUT2D eigenvalue weighted by molar-refractivity contribution is 6.30. The van der Waals surface area contributed by atoms with Crippen LogP contribution in [0.2, 0.25) is 5.02 Å². The Bertz CT molecular complexity index is 312. The van der Waals surface area contributed by atoms with Gasteiger partial charge in [-0.1, -0.05) is 23.7 Å². The Balaban J connectivity index is 1.98. The summed E-state index contributed by atoms with van der Waals surface area (Å²) >= 11 is 5.86. The normalized spacial score (nSPS) is 25.7. The van der Waals surface area contributed by atoms with E-state index in [9.17, 15) is 0 Å². The Morgan fingerprint density at radius 2 is 2.07 bits per heavy atom. The molecule has 0 bridgehead atoms. The second-order valence-electron chi connectivity index (χ2n) is 4.00. The fourth-order valence-electron chi connectivity index (χ4n) is 2.11. The zero-order chi connectivity index (χ0) is 10.7. The smallest absolute Gasteiger partial charge is 0.0616 e. The molecule has 15 heavy (non-hydrogen) atoms. The summed E-state index contributed by atoms with van der Waals surface area (Å²) in [6.45, 7) is 0.796. The molecular weight excluding hydrogens is 210 g/mol. The molecule has 1 heterocycles. The Labute approximate surface area is 95.6 Å². The molecule has 0 amide bonds. The Morgan fingerprint density at radius 1 is 1.33 bits per heavy atom. The van der Waals surface area contributed by atoms with Crippen LogP contribution in [0.4, 0.5) is 0 Å². The molecule has 2 nitrogen and oxygen atoms in total. The van der Waals surface area contributed by atoms with Crippen molar-refractivity contribution >= 4 is 11.6 Å². The van der Waals surface area contributed by atoms with E-state index in [1.165, 1.54) is 18.4 Å². The molecule has 2 atom stereocenters. The van der Waals surface area contributed by atoms with Gasteiger partial charge < -0.3 is 10.1 Å². The van der Waals surface area contributed by atoms with Crippen molar-refractivity contribution in [2.75, 3.05) is 13.7 Å². The predicted molar refractivity (Wildman–Crippen MR) is 62.2 cm³/mol. The first-order chi connectivity index (χ1) is 7.29. The van der Waals surface area contributed by atoms with Crippen LogP contribution in [-0.2, 0) is 4.74 Å². The molecule has 1 aliphatic rings. The number of nitrogens with one attached hydrogen (secondary N) is 1. The maximum atomic E-state index is 5.86. The van der Waals surface area contributed by atoms with E-state index in [0.29, 0.717) is 12.1 Å². The molecule has 1 aromatic rings. The van der Waals surface area contributed by atoms with E-state index in [1.807, 2.05) is 12.1 Å². The topological polar surface area (TPSA) is 21.3 Å². The zero-order valence-electron chi connectivity index (χ0n) is 8.87. The van der Waals surface area contributed by atoms with Gasteiger partial charge in [-0.25, -0.2) is 0 Å². The largest absolute Gasteiger partial charge is 0.383 e. The van der Waals surface area contributed by atoms with Crippen molar-refractivity contribution in [3.8, 4) is 0 Å². The molecule has 0 aliphatic carbocycles. The minimum absolute atomic E-state index is 0.461. The van der Waals surface area contributed by atoms with Gasteiger partial charge in [-0.15, -0.1) is 0 Å². The molecule has 1 fully saturated rings. The molecular formula is C12H16ClNO. The summed E-state index contributed by atoms with van der Waals surface area (Å²) in [6.07, 6.45) is 2.36. The van der Waals surface area contributed by atoms with Gasteiger partial charge in [-0.05, 0) is 30.5 Å². The van der Waals surface area contributed by atoms with Crippen LogP contribution in [0.15, 0.2) is 24.3 Å². The van der Waals surface area contributed by atoms with Gasteiger partial charge in [0.2, 0.25) is 0 Å². The quantitative estimate of drug-likeness (QED) is 0.854. The molecule has 0 saturated carbocycles. The third-order valence-corrected chi connectivity index (χ3v) is 3.13. The van der Waals surface area contributed by atoms with Crippen LogP contribution in [0.3, 0.4) is 0 Å². The van der Waals surface area contributed by atoms with Crippen LogP contribution in [0.1, 0.15) is 24.4 Å². The minimum atomic E-state index is 0.461. The molecule has 1 N–H and O–H groups in total. The number of methoxy groups -OCH3 is 1. The second-order valence-corrected chi connectivity index (χ2v) is 4.44. The van der Waals surface area contributed by atoms with Crippen LogP contribution in [0, 0.1) is 0 Å². The van der Waals surface area contributed by atoms with Gasteiger partial charge in [-0.2, -0.15) is 0 Å². The fraction of sp³-hybridized carbons (Fsp3) is 0.500. The Hall–Kier alpha value is -0.570. The third kappa shape index (κ3) is 2.71. The van der Waals surface area contributed by atoms with Gasteiger partial charge in [-0.3, -0.25) is 0 Å². The molecule has 82 valence electrons. The molecule has 3 heteroatoms. The van der Waals surface area contributed by atoms with Crippen molar-refractivity contribution in [1.82, 2.24) is 5.32 Å². The summed E-state index contributed by atoms with van der Waals surface area (Å²) in [5, 5.41) is 4.36. The van der Waals surface area contributed by atoms with Crippen molar-refractivity contribution in [2.24, 2.45) is 0 Å². The molecule has 0 spiro atoms. The average Bonchev–Trinajstić information content (AvgIpc) is 2.68. The minimum Gasteiger partial charge on any atom is -0.383 e. The molecule has 0 radical (unpaired) electrons. The molecule has 2 rings (SSSR count). The fourth-order valence-corrected chi connectivity index (χ4v) is 2.24. The van der Waals surface area contributed by atoms with Crippen LogP contribution >= 0.6 is 11.6 Å². The highest BCUT2D eigenvalue weighted by Gasteiger charge is 2.24. The number of benzene rings is 1. The van der Waals surface area contributed by atoms with Crippen LogP contribution in [0.25, 0.3) is 0 Å². The summed E-state index contributed by atoms with van der Waals surface area (Å²) in [5.74, 6) is 0. The lowest BCUT2D eigenvalue weighted by molar-refractivity contribution is 0.172. The molecule has 1 aromatic carbocycles. The monoisotopic (exact) mass is 225 g/mol. The predicted octanol–water partition coefficient (Wildman–Crippen LogP) is 2.78. The second kappa shape index (κ2) is 4.97. The SMILES string of the molecule is COCC1CCC(c2ccc(Cl)cc2)N1. The van der Waals surface area contributed by atoms with Gasteiger partial charge in [0.25, 0.3) is 0 Å². The van der Waals surface area contributed by atoms with E-state index in [2.05, 4.69) is 17.4 Å². The summed E-state index contributed by atoms with van der Waals surface area (Å²) in [4.78, 5) is 0. The summed E-state index contributed by atoms with van der Waals surface area (Å²) in [7, 11) is 1.75. The summed E-state index contributed by atoms with van der Waals surface area (Å²) in [6, 6.07) is 9.03. The standard InChI is InChI=1S/C12H16ClNO/c1-15-8-11-6-7-12(14-11)9-2-4-10(13)5-3-9/h2-5,11-12,14H,6-8H2,1H3. The molecule has 2 unspecified atom stereocenters. The molecule has 1 saturated heterocycles. The first-order valence-corrected chi connectivity index (χ1v) is 5.68. The number of halogens is 1. The number of hydrogen-bond acceptors (Lipinski definition) is 2. The average molecular weight is 226 g/mol. The number of hydrogen-bond donors (Lipinski definition) is 1. The van der Waals surface area contributed by atoms with Gasteiger partial charge in [0.15, 0.2) is 0 Å². The lowest BCUT2D eigenvalue weighted by atomic mass is 10.1. The van der Waals surface area contributed by atoms with Gasteiger partial charge >= 0.3 is 0 Å². The van der Waals surface area contributed by atoms with Gasteiger partial charge in [0.1, 0.15) is 0 Å². The summed E-state index contributed by atoms with van der Waals surface area (Å²) < 4.78 is 5.15. The maximum Gasteiger partial charge on any atom is 0.0616 e. The van der Waals surface area contributed by atoms with E-state index in [1.54, 1.807) is 7.11 Å². The Morgan fingerprint density at radius 3 is 2.73 bits per heavy atom. The van der Waals surface area contributed by atoms with Gasteiger partial charge in [0, 0.05) is 24.2 Å². The first-order valence-electron chi connectivity index (χ1n) is 5.30. The molecule has 1 aliphatic heterocycles. The van der Waals surface area contributed by atoms with Crippen molar-refractivity contribution in [2.45, 2.75) is 24.9 Å². The van der Waals surface area contributed by atoms with E-state index in [-0.39, 0.29) is 0 Å². The zero-order valence-corrected chi connectivity index (χ0v) is 9.63. The maximum absolute atomic E-state index is 5.86. The van der Waals surface area contributed by atoms with Crippen molar-refractivity contribution in [3.05, 3.63) is 34.9 Å². The highest BCUT2D eigenvalue weighted by Crippen LogP contribution is 2.27. The lowest BCUT2D eigenvalue weighted by Gasteiger charge is -2.14. The van der Waals surface area contributed by atoms with E-state index in [4.69, 9.17) is 16.3 Å². The van der Waals surface area contributed by atoms with E-state index < -0.39 is 0 Å². The summed E-state index contributed by atoms with van der Waals surface area (Å²) in [5.41, 5.74) is 1.32. The third-order valence-electron chi connectivity index (χ3n) is 2.88. The first kappa shape index (κ1) is 10.9. The van der Waals surface area contributed by atoms with Crippen molar-refractivity contribution in [3.63, 3.8) is 0 Å². The van der Waals surface area contributed by atoms with Crippen molar-refractivity contribution in [1.29, 1.82) is 0 Å². The van der Waals surface area contributed by atoms with Crippen LogP contribution < -0.4 is 5.32 Å². The van der Waals surface area contributed by atoms with E-state index >= 15 is 0 Å². The van der Waals surface area contributed by atoms with Crippen molar-refractivity contribution < 1.29 is 4.74 Å². The number of ether oxygens (including phenoxy) is 1. The number of rotatable bonds is 3. The highest BCUT2D eigenvalue weighted by atomic mass is 35.5. The van der Waals surface area contributed by atoms with Gasteiger partial charge in [0.05, 0.1) is 6.61 Å².